The summed E-state index contributed by atoms with van der Waals surface area (Å²) in [5.41, 5.74) is 1.76. The second-order valence-electron chi connectivity index (χ2n) is 3.06. The molecule has 2 rings (SSSR count). The van der Waals surface area contributed by atoms with Crippen molar-refractivity contribution >= 4 is 48.5 Å². The van der Waals surface area contributed by atoms with Gasteiger partial charge in [0.1, 0.15) is 5.69 Å². The molecule has 0 aliphatic heterocycles. The van der Waals surface area contributed by atoms with Crippen LogP contribution in [0.2, 0.25) is 0 Å². The van der Waals surface area contributed by atoms with Crippen molar-refractivity contribution in [3.8, 4) is 0 Å². The molecule has 4 nitrogen and oxygen atoms in total. The molecular weight excluding hydrogens is 340 g/mol. The number of aromatic nitrogens is 1. The van der Waals surface area contributed by atoms with Gasteiger partial charge < -0.3 is 0 Å². The molecule has 0 aliphatic rings. The van der Waals surface area contributed by atoms with E-state index in [1.165, 1.54) is 6.20 Å². The number of pyridine rings is 1. The van der Waals surface area contributed by atoms with E-state index in [0.29, 0.717) is 5.39 Å². The molecule has 2 aromatic rings. The van der Waals surface area contributed by atoms with E-state index in [0.717, 1.165) is 14.3 Å². The molecule has 0 bridgehead atoms. The van der Waals surface area contributed by atoms with Gasteiger partial charge in [-0.05, 0) is 22.0 Å². The summed E-state index contributed by atoms with van der Waals surface area (Å²) in [6.07, 6.45) is 1.53. The Hall–Kier alpha value is -0.980. The van der Waals surface area contributed by atoms with Crippen LogP contribution in [0, 0.1) is 0 Å². The SMILES string of the molecule is O=C(NO)c1ncc(Br)c2cccc(Br)c12. The van der Waals surface area contributed by atoms with Gasteiger partial charge in [0.2, 0.25) is 0 Å². The molecule has 1 aromatic carbocycles. The highest BCUT2D eigenvalue weighted by atomic mass is 79.9. The Balaban J connectivity index is 2.86. The fraction of sp³-hybridized carbons (Fsp3) is 0. The van der Waals surface area contributed by atoms with Gasteiger partial charge >= 0.3 is 0 Å². The van der Waals surface area contributed by atoms with E-state index in [9.17, 15) is 4.79 Å². The molecule has 1 heterocycles. The predicted octanol–water partition coefficient (Wildman–Crippen LogP) is 2.88. The zero-order chi connectivity index (χ0) is 11.7. The number of rotatable bonds is 1. The third-order valence-corrected chi connectivity index (χ3v) is 3.42. The van der Waals surface area contributed by atoms with E-state index >= 15 is 0 Å². The number of nitrogens with one attached hydrogen (secondary N) is 1. The van der Waals surface area contributed by atoms with Gasteiger partial charge in [-0.15, -0.1) is 0 Å². The van der Waals surface area contributed by atoms with Crippen LogP contribution in [0.5, 0.6) is 0 Å². The first-order valence-electron chi connectivity index (χ1n) is 4.32. The highest BCUT2D eigenvalue weighted by Gasteiger charge is 2.14. The third-order valence-electron chi connectivity index (χ3n) is 2.13. The number of hydrogen-bond acceptors (Lipinski definition) is 3. The lowest BCUT2D eigenvalue weighted by molar-refractivity contribution is 0.0703. The van der Waals surface area contributed by atoms with Crippen LogP contribution in [-0.4, -0.2) is 16.1 Å². The van der Waals surface area contributed by atoms with Crippen molar-refractivity contribution < 1.29 is 10.0 Å². The summed E-state index contributed by atoms with van der Waals surface area (Å²) in [4.78, 5) is 15.4. The first kappa shape index (κ1) is 11.5. The van der Waals surface area contributed by atoms with E-state index < -0.39 is 5.91 Å². The fourth-order valence-electron chi connectivity index (χ4n) is 1.44. The lowest BCUT2D eigenvalue weighted by Crippen LogP contribution is -2.20. The van der Waals surface area contributed by atoms with E-state index in [2.05, 4.69) is 36.8 Å². The summed E-state index contributed by atoms with van der Waals surface area (Å²) in [6, 6.07) is 5.53. The topological polar surface area (TPSA) is 62.2 Å². The maximum absolute atomic E-state index is 11.4. The molecule has 6 heteroatoms. The van der Waals surface area contributed by atoms with E-state index in [1.807, 2.05) is 18.2 Å². The van der Waals surface area contributed by atoms with Crippen LogP contribution in [0.4, 0.5) is 0 Å². The molecule has 16 heavy (non-hydrogen) atoms. The standard InChI is InChI=1S/C10H6Br2N2O2/c11-6-3-1-2-5-7(12)4-13-9(8(5)6)10(15)14-16/h1-4,16H,(H,14,15). The highest BCUT2D eigenvalue weighted by Crippen LogP contribution is 2.30. The maximum Gasteiger partial charge on any atom is 0.293 e. The quantitative estimate of drug-likeness (QED) is 0.617. The number of amides is 1. The summed E-state index contributed by atoms with van der Waals surface area (Å²) >= 11 is 6.72. The van der Waals surface area contributed by atoms with Crippen LogP contribution < -0.4 is 5.48 Å². The zero-order valence-corrected chi connectivity index (χ0v) is 11.0. The number of nitrogens with zero attached hydrogens (tertiary/aromatic N) is 1. The van der Waals surface area contributed by atoms with Crippen LogP contribution >= 0.6 is 31.9 Å². The van der Waals surface area contributed by atoms with Crippen molar-refractivity contribution in [3.05, 3.63) is 39.0 Å². The molecule has 0 saturated carbocycles. The molecule has 0 unspecified atom stereocenters. The van der Waals surface area contributed by atoms with Gasteiger partial charge in [-0.1, -0.05) is 28.1 Å². The molecule has 0 saturated heterocycles. The predicted molar refractivity (Wildman–Crippen MR) is 66.4 cm³/mol. The second kappa shape index (κ2) is 4.48. The molecule has 0 atom stereocenters. The van der Waals surface area contributed by atoms with Gasteiger partial charge in [-0.25, -0.2) is 10.5 Å². The second-order valence-corrected chi connectivity index (χ2v) is 4.77. The zero-order valence-electron chi connectivity index (χ0n) is 7.87. The monoisotopic (exact) mass is 344 g/mol. The first-order valence-corrected chi connectivity index (χ1v) is 5.91. The Kier molecular flexibility index (Phi) is 3.22. The maximum atomic E-state index is 11.4. The molecule has 0 spiro atoms. The third kappa shape index (κ3) is 1.83. The van der Waals surface area contributed by atoms with Crippen LogP contribution in [-0.2, 0) is 0 Å². The Morgan fingerprint density at radius 2 is 2.06 bits per heavy atom. The van der Waals surface area contributed by atoms with Crippen LogP contribution in [0.15, 0.2) is 33.3 Å². The minimum atomic E-state index is -0.635. The number of carbonyl (C=O) groups is 1. The fourth-order valence-corrected chi connectivity index (χ4v) is 2.43. The van der Waals surface area contributed by atoms with Gasteiger partial charge in [0.05, 0.1) is 0 Å². The van der Waals surface area contributed by atoms with Crippen molar-refractivity contribution in [3.63, 3.8) is 0 Å². The largest absolute Gasteiger partial charge is 0.293 e. The lowest BCUT2D eigenvalue weighted by Gasteiger charge is -2.07. The molecule has 1 amide bonds. The van der Waals surface area contributed by atoms with Crippen LogP contribution in [0.3, 0.4) is 0 Å². The number of fused-ring (bicyclic) bond motifs is 1. The van der Waals surface area contributed by atoms with Crippen molar-refractivity contribution in [2.75, 3.05) is 0 Å². The summed E-state index contributed by atoms with van der Waals surface area (Å²) in [7, 11) is 0. The van der Waals surface area contributed by atoms with Gasteiger partial charge in [0.15, 0.2) is 0 Å². The number of carbonyl (C=O) groups excluding carboxylic acids is 1. The first-order chi connectivity index (χ1) is 7.65. The van der Waals surface area contributed by atoms with E-state index in [1.54, 1.807) is 5.48 Å². The van der Waals surface area contributed by atoms with Gasteiger partial charge in [0, 0.05) is 25.9 Å². The molecule has 0 aliphatic carbocycles. The molecule has 0 radical (unpaired) electrons. The molecular formula is C10H6Br2N2O2. The van der Waals surface area contributed by atoms with Crippen molar-refractivity contribution in [1.29, 1.82) is 0 Å². The average molecular weight is 346 g/mol. The smallest absolute Gasteiger partial charge is 0.288 e. The molecule has 2 N–H and O–H groups in total. The van der Waals surface area contributed by atoms with Gasteiger partial charge in [0.25, 0.3) is 5.91 Å². The average Bonchev–Trinajstić information content (AvgIpc) is 2.30. The highest BCUT2D eigenvalue weighted by molar-refractivity contribution is 9.11. The summed E-state index contributed by atoms with van der Waals surface area (Å²) in [5.74, 6) is -0.635. The summed E-state index contributed by atoms with van der Waals surface area (Å²) < 4.78 is 1.54. The molecule has 1 aromatic heterocycles. The summed E-state index contributed by atoms with van der Waals surface area (Å²) in [5, 5.41) is 10.1. The Morgan fingerprint density at radius 3 is 2.75 bits per heavy atom. The van der Waals surface area contributed by atoms with E-state index in [4.69, 9.17) is 5.21 Å². The number of benzene rings is 1. The minimum Gasteiger partial charge on any atom is -0.288 e. The number of halogens is 2. The Labute approximate surface area is 108 Å². The lowest BCUT2D eigenvalue weighted by atomic mass is 10.1. The van der Waals surface area contributed by atoms with Crippen molar-refractivity contribution in [1.82, 2.24) is 10.5 Å². The van der Waals surface area contributed by atoms with Crippen LogP contribution in [0.25, 0.3) is 10.8 Å². The summed E-state index contributed by atoms with van der Waals surface area (Å²) in [6.45, 7) is 0. The number of hydroxylamine groups is 1. The van der Waals surface area contributed by atoms with Crippen molar-refractivity contribution in [2.24, 2.45) is 0 Å². The van der Waals surface area contributed by atoms with Crippen molar-refractivity contribution in [2.45, 2.75) is 0 Å². The Bertz CT molecular complexity index is 572. The number of hydrogen-bond donors (Lipinski definition) is 2. The molecule has 82 valence electrons. The van der Waals surface area contributed by atoms with Gasteiger partial charge in [-0.3, -0.25) is 10.0 Å². The molecule has 0 fully saturated rings. The van der Waals surface area contributed by atoms with Crippen LogP contribution in [0.1, 0.15) is 10.5 Å². The Morgan fingerprint density at radius 1 is 1.31 bits per heavy atom. The minimum absolute atomic E-state index is 0.174. The van der Waals surface area contributed by atoms with E-state index in [-0.39, 0.29) is 5.69 Å². The normalized spacial score (nSPS) is 10.4. The van der Waals surface area contributed by atoms with Gasteiger partial charge in [-0.2, -0.15) is 0 Å².